The van der Waals surface area contributed by atoms with Gasteiger partial charge in [0.05, 0.1) is 34.3 Å². The highest BCUT2D eigenvalue weighted by molar-refractivity contribution is 7.92. The predicted molar refractivity (Wildman–Crippen MR) is 123 cm³/mol. The number of hydrogen-bond donors (Lipinski definition) is 1. The maximum absolute atomic E-state index is 14.4. The van der Waals surface area contributed by atoms with Crippen LogP contribution in [0.2, 0.25) is 0 Å². The Kier molecular flexibility index (Phi) is 5.51. The van der Waals surface area contributed by atoms with Crippen LogP contribution in [0.5, 0.6) is 0 Å². The lowest BCUT2D eigenvalue weighted by Crippen LogP contribution is -2.40. The Morgan fingerprint density at radius 1 is 1.03 bits per heavy atom. The van der Waals surface area contributed by atoms with Gasteiger partial charge in [-0.3, -0.25) is 4.72 Å². The Morgan fingerprint density at radius 2 is 1.67 bits per heavy atom. The van der Waals surface area contributed by atoms with Crippen molar-refractivity contribution in [2.24, 2.45) is 5.41 Å². The highest BCUT2D eigenvalue weighted by Crippen LogP contribution is 2.61. The summed E-state index contributed by atoms with van der Waals surface area (Å²) in [6.07, 6.45) is 1.83. The van der Waals surface area contributed by atoms with Crippen molar-refractivity contribution in [1.29, 1.82) is 0 Å². The van der Waals surface area contributed by atoms with E-state index in [9.17, 15) is 17.2 Å². The molecule has 0 aliphatic heterocycles. The molecule has 3 aromatic rings. The van der Waals surface area contributed by atoms with Crippen molar-refractivity contribution in [1.82, 2.24) is 15.2 Å². The number of hydrogen-bond acceptors (Lipinski definition) is 5. The Balaban J connectivity index is 1.92. The molecule has 33 heavy (non-hydrogen) atoms. The third-order valence-electron chi connectivity index (χ3n) is 7.01. The Hall–Kier alpha value is -2.94. The number of sulfonamides is 1. The summed E-state index contributed by atoms with van der Waals surface area (Å²) in [5.74, 6) is -1.17. The number of fused-ring (bicyclic) bond motifs is 1. The molecule has 1 aliphatic carbocycles. The topological polar surface area (TPSA) is 84.8 Å². The van der Waals surface area contributed by atoms with E-state index >= 15 is 0 Å². The monoisotopic (exact) mass is 472 g/mol. The number of pyridine rings is 1. The number of nitrogens with zero attached hydrogens (tertiary/aromatic N) is 3. The second-order valence-corrected chi connectivity index (χ2v) is 11.0. The highest BCUT2D eigenvalue weighted by Gasteiger charge is 2.57. The molecule has 0 saturated carbocycles. The van der Waals surface area contributed by atoms with Crippen molar-refractivity contribution in [3.05, 3.63) is 71.1 Å². The second kappa shape index (κ2) is 7.83. The summed E-state index contributed by atoms with van der Waals surface area (Å²) >= 11 is 0. The molecule has 0 spiro atoms. The molecule has 174 valence electrons. The minimum Gasteiger partial charge on any atom is -0.268 e. The maximum Gasteiger partial charge on any atom is 0.230 e. The zero-order valence-corrected chi connectivity index (χ0v) is 20.0. The normalized spacial score (nSPS) is 21.6. The number of anilines is 1. The summed E-state index contributed by atoms with van der Waals surface area (Å²) in [6.45, 7) is 8.27. The third-order valence-corrected chi connectivity index (χ3v) is 7.59. The van der Waals surface area contributed by atoms with Gasteiger partial charge in [0.25, 0.3) is 0 Å². The van der Waals surface area contributed by atoms with E-state index in [-0.39, 0.29) is 23.0 Å². The number of aromatic nitrogens is 3. The van der Waals surface area contributed by atoms with Gasteiger partial charge in [-0.15, -0.1) is 5.10 Å². The van der Waals surface area contributed by atoms with Gasteiger partial charge in [-0.05, 0) is 60.6 Å². The fourth-order valence-corrected chi connectivity index (χ4v) is 5.60. The van der Waals surface area contributed by atoms with E-state index in [1.165, 1.54) is 18.2 Å². The smallest absolute Gasteiger partial charge is 0.230 e. The summed E-state index contributed by atoms with van der Waals surface area (Å²) in [5.41, 5.74) is 0.983. The van der Waals surface area contributed by atoms with Crippen LogP contribution in [0.25, 0.3) is 11.3 Å². The van der Waals surface area contributed by atoms with E-state index in [1.807, 2.05) is 13.0 Å². The molecular formula is C24H26F2N4O2S. The zero-order valence-electron chi connectivity index (χ0n) is 19.1. The van der Waals surface area contributed by atoms with Crippen molar-refractivity contribution in [3.63, 3.8) is 0 Å². The van der Waals surface area contributed by atoms with Crippen LogP contribution in [0.1, 0.15) is 57.0 Å². The molecule has 1 aromatic carbocycles. The summed E-state index contributed by atoms with van der Waals surface area (Å²) in [6, 6.07) is 10.6. The second-order valence-electron chi connectivity index (χ2n) is 9.22. The summed E-state index contributed by atoms with van der Waals surface area (Å²) in [7, 11) is -3.50. The van der Waals surface area contributed by atoms with Gasteiger partial charge < -0.3 is 0 Å². The van der Waals surface area contributed by atoms with E-state index in [4.69, 9.17) is 0 Å². The van der Waals surface area contributed by atoms with Crippen LogP contribution < -0.4 is 4.72 Å². The Morgan fingerprint density at radius 3 is 2.27 bits per heavy atom. The van der Waals surface area contributed by atoms with Gasteiger partial charge in [0.1, 0.15) is 17.5 Å². The first-order valence-electron chi connectivity index (χ1n) is 10.7. The van der Waals surface area contributed by atoms with Gasteiger partial charge >= 0.3 is 0 Å². The van der Waals surface area contributed by atoms with Gasteiger partial charge in [0, 0.05) is 0 Å². The molecule has 1 N–H and O–H groups in total. The lowest BCUT2D eigenvalue weighted by Gasteiger charge is -2.41. The van der Waals surface area contributed by atoms with E-state index < -0.39 is 32.5 Å². The van der Waals surface area contributed by atoms with Gasteiger partial charge in [-0.1, -0.05) is 32.9 Å². The fraction of sp³-hybridized carbons (Fsp3) is 0.375. The molecule has 2 unspecified atom stereocenters. The summed E-state index contributed by atoms with van der Waals surface area (Å²) in [4.78, 5) is 4.61. The largest absolute Gasteiger partial charge is 0.268 e. The van der Waals surface area contributed by atoms with Crippen molar-refractivity contribution >= 4 is 15.8 Å². The van der Waals surface area contributed by atoms with Crippen LogP contribution in [0.3, 0.4) is 0 Å². The molecule has 2 heterocycles. The van der Waals surface area contributed by atoms with Crippen molar-refractivity contribution in [2.45, 2.75) is 45.4 Å². The van der Waals surface area contributed by atoms with Gasteiger partial charge in [-0.2, -0.15) is 5.10 Å². The molecule has 0 fully saturated rings. The van der Waals surface area contributed by atoms with E-state index in [2.05, 4.69) is 40.7 Å². The van der Waals surface area contributed by atoms with Crippen LogP contribution in [0.15, 0.2) is 42.5 Å². The molecule has 2 aromatic heterocycles. The minimum atomic E-state index is -3.50. The summed E-state index contributed by atoms with van der Waals surface area (Å²) in [5, 5.41) is 8.69. The van der Waals surface area contributed by atoms with Crippen LogP contribution in [-0.2, 0) is 15.4 Å². The lowest BCUT2D eigenvalue weighted by molar-refractivity contribution is 0.189. The third kappa shape index (κ3) is 3.68. The molecule has 9 heteroatoms. The predicted octanol–water partition coefficient (Wildman–Crippen LogP) is 5.03. The SMILES string of the molecule is CCC1c2cc(-c3c(F)cccc3F)nnc2C(C)(c2cccc(NS(C)(=O)=O)n2)C1(C)C. The van der Waals surface area contributed by atoms with Crippen molar-refractivity contribution < 1.29 is 17.2 Å². The first-order chi connectivity index (χ1) is 15.4. The summed E-state index contributed by atoms with van der Waals surface area (Å²) < 4.78 is 54.8. The quantitative estimate of drug-likeness (QED) is 0.563. The van der Waals surface area contributed by atoms with E-state index in [1.54, 1.807) is 18.2 Å². The Labute approximate surface area is 192 Å². The number of halogens is 2. The van der Waals surface area contributed by atoms with Crippen LogP contribution in [-0.4, -0.2) is 29.9 Å². The molecule has 6 nitrogen and oxygen atoms in total. The van der Waals surface area contributed by atoms with Crippen LogP contribution in [0.4, 0.5) is 14.6 Å². The molecule has 4 rings (SSSR count). The minimum absolute atomic E-state index is 0.00917. The van der Waals surface area contributed by atoms with Gasteiger partial charge in [0.15, 0.2) is 0 Å². The molecule has 2 atom stereocenters. The van der Waals surface area contributed by atoms with Crippen LogP contribution >= 0.6 is 0 Å². The van der Waals surface area contributed by atoms with Crippen molar-refractivity contribution in [3.8, 4) is 11.3 Å². The molecule has 0 bridgehead atoms. The Bertz CT molecular complexity index is 1320. The first kappa shape index (κ1) is 23.2. The standard InChI is InChI=1S/C24H26F2N4O2S/c1-6-15-14-13-18(21-16(25)9-7-10-17(21)26)28-29-22(14)24(4,23(15,2)3)19-11-8-12-20(27-19)30-33(5,31)32/h7-13,15H,6H2,1-5H3,(H,27,30). The van der Waals surface area contributed by atoms with Gasteiger partial charge in [-0.25, -0.2) is 22.2 Å². The number of benzene rings is 1. The average molecular weight is 473 g/mol. The average Bonchev–Trinajstić information content (AvgIpc) is 2.89. The van der Waals surface area contributed by atoms with Crippen LogP contribution in [0, 0.1) is 17.0 Å². The van der Waals surface area contributed by atoms with E-state index in [0.29, 0.717) is 11.4 Å². The maximum atomic E-state index is 14.4. The zero-order chi connectivity index (χ0) is 24.2. The molecule has 0 amide bonds. The molecule has 1 aliphatic rings. The number of nitrogens with one attached hydrogen (secondary N) is 1. The lowest BCUT2D eigenvalue weighted by atomic mass is 9.62. The van der Waals surface area contributed by atoms with E-state index in [0.717, 1.165) is 18.2 Å². The molecule has 0 saturated heterocycles. The first-order valence-corrected chi connectivity index (χ1v) is 12.6. The molecule has 0 radical (unpaired) electrons. The fourth-order valence-electron chi connectivity index (χ4n) is 5.11. The highest BCUT2D eigenvalue weighted by atomic mass is 32.2. The molecular weight excluding hydrogens is 446 g/mol. The number of rotatable bonds is 5. The van der Waals surface area contributed by atoms with Gasteiger partial charge in [0.2, 0.25) is 10.0 Å². The van der Waals surface area contributed by atoms with Crippen molar-refractivity contribution in [2.75, 3.05) is 11.0 Å².